The third-order valence-electron chi connectivity index (χ3n) is 3.46. The average molecular weight is 287 g/mol. The van der Waals surface area contributed by atoms with Crippen LogP contribution in [0.15, 0.2) is 0 Å². The van der Waals surface area contributed by atoms with Gasteiger partial charge in [0.05, 0.1) is 0 Å². The molecule has 1 atom stereocenters. The van der Waals surface area contributed by atoms with E-state index in [9.17, 15) is 0 Å². The van der Waals surface area contributed by atoms with E-state index in [1.54, 1.807) is 0 Å². The Morgan fingerprint density at radius 2 is 1.74 bits per heavy atom. The molecule has 19 heavy (non-hydrogen) atoms. The van der Waals surface area contributed by atoms with Crippen molar-refractivity contribution in [2.24, 2.45) is 0 Å². The topological polar surface area (TPSA) is 47.7 Å². The average Bonchev–Trinajstić information content (AvgIpc) is 2.41. The first-order valence-electron chi connectivity index (χ1n) is 7.90. The molecule has 0 amide bonds. The fraction of sp³-hybridized carbons (Fsp3) is 0.875. The number of halogens is 1. The second-order valence-corrected chi connectivity index (χ2v) is 6.01. The van der Waals surface area contributed by atoms with Gasteiger partial charge in [-0.25, -0.2) is 0 Å². The number of rotatable bonds is 14. The Bertz CT molecular complexity index is 229. The van der Waals surface area contributed by atoms with Crippen molar-refractivity contribution in [3.8, 4) is 0 Å². The summed E-state index contributed by atoms with van der Waals surface area (Å²) < 4.78 is 0. The molecule has 0 rings (SSSR count). The molecule has 0 spiro atoms. The van der Waals surface area contributed by atoms with Crippen molar-refractivity contribution in [3.05, 3.63) is 0 Å². The van der Waals surface area contributed by atoms with Crippen LogP contribution in [-0.4, -0.2) is 17.3 Å². The van der Waals surface area contributed by atoms with E-state index in [1.165, 1.54) is 38.3 Å². The van der Waals surface area contributed by atoms with Crippen LogP contribution in [0.3, 0.4) is 0 Å². The van der Waals surface area contributed by atoms with E-state index in [4.69, 9.17) is 22.4 Å². The molecular formula is C16H31ClN2. The molecule has 0 aromatic carbocycles. The lowest BCUT2D eigenvalue weighted by Gasteiger charge is -2.10. The summed E-state index contributed by atoms with van der Waals surface area (Å²) in [6.07, 6.45) is 14.7. The molecule has 0 radical (unpaired) electrons. The smallest absolute Gasteiger partial charge is 0.0339 e. The van der Waals surface area contributed by atoms with E-state index in [2.05, 4.69) is 6.92 Å². The van der Waals surface area contributed by atoms with Crippen LogP contribution in [0.5, 0.6) is 0 Å². The number of alkyl halides is 1. The monoisotopic (exact) mass is 286 g/mol. The van der Waals surface area contributed by atoms with Crippen LogP contribution in [0.1, 0.15) is 84.0 Å². The zero-order valence-electron chi connectivity index (χ0n) is 12.5. The lowest BCUT2D eigenvalue weighted by atomic mass is 10.0. The summed E-state index contributed by atoms with van der Waals surface area (Å²) in [6, 6.07) is 0. The normalized spacial score (nSPS) is 12.3. The predicted molar refractivity (Wildman–Crippen MR) is 87.2 cm³/mol. The van der Waals surface area contributed by atoms with Gasteiger partial charge in [0.15, 0.2) is 0 Å². The second-order valence-electron chi connectivity index (χ2n) is 5.39. The van der Waals surface area contributed by atoms with Crippen molar-refractivity contribution in [3.63, 3.8) is 0 Å². The lowest BCUT2D eigenvalue weighted by molar-refractivity contribution is 0.583. The standard InChI is InChI=1S/C16H31ClN2/c1-2-3-4-5-7-10-15(17)12-13-16(19)11-8-6-9-14-18/h14-15,18-19H,2-13H2,1H3. The van der Waals surface area contributed by atoms with Gasteiger partial charge in [-0.2, -0.15) is 0 Å². The molecule has 0 fully saturated rings. The summed E-state index contributed by atoms with van der Waals surface area (Å²) in [5.74, 6) is 0. The van der Waals surface area contributed by atoms with E-state index < -0.39 is 0 Å². The van der Waals surface area contributed by atoms with Gasteiger partial charge in [0, 0.05) is 11.1 Å². The van der Waals surface area contributed by atoms with Crippen molar-refractivity contribution < 1.29 is 0 Å². The first kappa shape index (κ1) is 18.6. The molecule has 0 aliphatic rings. The van der Waals surface area contributed by atoms with Crippen LogP contribution < -0.4 is 0 Å². The van der Waals surface area contributed by atoms with Crippen LogP contribution in [-0.2, 0) is 0 Å². The molecule has 112 valence electrons. The minimum Gasteiger partial charge on any atom is -0.313 e. The molecule has 1 unspecified atom stereocenters. The third kappa shape index (κ3) is 13.9. The molecule has 0 aliphatic heterocycles. The van der Waals surface area contributed by atoms with E-state index in [0.717, 1.165) is 50.7 Å². The van der Waals surface area contributed by atoms with Gasteiger partial charge in [0.1, 0.15) is 0 Å². The zero-order valence-corrected chi connectivity index (χ0v) is 13.3. The molecule has 3 heteroatoms. The van der Waals surface area contributed by atoms with Crippen molar-refractivity contribution in [1.82, 2.24) is 0 Å². The maximum atomic E-state index is 7.87. The maximum absolute atomic E-state index is 7.87. The fourth-order valence-electron chi connectivity index (χ4n) is 2.15. The van der Waals surface area contributed by atoms with Gasteiger partial charge in [-0.1, -0.05) is 39.0 Å². The lowest BCUT2D eigenvalue weighted by Crippen LogP contribution is -2.04. The minimum absolute atomic E-state index is 0.253. The second kappa shape index (κ2) is 14.0. The van der Waals surface area contributed by atoms with Crippen LogP contribution >= 0.6 is 11.6 Å². The molecule has 0 heterocycles. The highest BCUT2D eigenvalue weighted by molar-refractivity contribution is 6.20. The summed E-state index contributed by atoms with van der Waals surface area (Å²) in [5.41, 5.74) is 0.835. The van der Waals surface area contributed by atoms with Crippen LogP contribution in [0.25, 0.3) is 0 Å². The maximum Gasteiger partial charge on any atom is 0.0339 e. The summed E-state index contributed by atoms with van der Waals surface area (Å²) in [7, 11) is 0. The van der Waals surface area contributed by atoms with Gasteiger partial charge in [0.2, 0.25) is 0 Å². The van der Waals surface area contributed by atoms with Crippen molar-refractivity contribution >= 4 is 23.5 Å². The Labute approximate surface area is 124 Å². The van der Waals surface area contributed by atoms with Gasteiger partial charge in [-0.15, -0.1) is 11.6 Å². The highest BCUT2D eigenvalue weighted by Crippen LogP contribution is 2.16. The van der Waals surface area contributed by atoms with Crippen LogP contribution in [0, 0.1) is 10.8 Å². The zero-order chi connectivity index (χ0) is 14.3. The van der Waals surface area contributed by atoms with Crippen LogP contribution in [0.4, 0.5) is 0 Å². The van der Waals surface area contributed by atoms with E-state index in [0.29, 0.717) is 0 Å². The number of nitrogens with one attached hydrogen (secondary N) is 2. The van der Waals surface area contributed by atoms with Crippen molar-refractivity contribution in [2.75, 3.05) is 0 Å². The molecule has 2 N–H and O–H groups in total. The Kier molecular flexibility index (Phi) is 13.8. The summed E-state index contributed by atoms with van der Waals surface area (Å²) in [4.78, 5) is 0. The first-order valence-corrected chi connectivity index (χ1v) is 8.33. The Hall–Kier alpha value is -0.370. The molecule has 0 aromatic heterocycles. The Morgan fingerprint density at radius 3 is 2.42 bits per heavy atom. The molecule has 0 aromatic rings. The van der Waals surface area contributed by atoms with E-state index in [-0.39, 0.29) is 5.38 Å². The number of unbranched alkanes of at least 4 members (excludes halogenated alkanes) is 6. The van der Waals surface area contributed by atoms with Crippen molar-refractivity contribution in [1.29, 1.82) is 10.8 Å². The number of hydrogen-bond donors (Lipinski definition) is 2. The fourth-order valence-corrected chi connectivity index (χ4v) is 2.42. The van der Waals surface area contributed by atoms with Gasteiger partial charge >= 0.3 is 0 Å². The van der Waals surface area contributed by atoms with Gasteiger partial charge in [-0.3, -0.25) is 0 Å². The molecule has 0 aliphatic carbocycles. The van der Waals surface area contributed by atoms with Crippen LogP contribution in [0.2, 0.25) is 0 Å². The molecule has 0 saturated carbocycles. The highest BCUT2D eigenvalue weighted by atomic mass is 35.5. The highest BCUT2D eigenvalue weighted by Gasteiger charge is 2.06. The SMILES string of the molecule is CCCCCCCC(Cl)CCC(=N)CCCCC=N. The summed E-state index contributed by atoms with van der Waals surface area (Å²) >= 11 is 6.30. The largest absolute Gasteiger partial charge is 0.313 e. The van der Waals surface area contributed by atoms with E-state index in [1.807, 2.05) is 0 Å². The summed E-state index contributed by atoms with van der Waals surface area (Å²) in [5, 5.41) is 15.1. The van der Waals surface area contributed by atoms with Gasteiger partial charge in [0.25, 0.3) is 0 Å². The van der Waals surface area contributed by atoms with Gasteiger partial charge in [-0.05, 0) is 51.2 Å². The Balaban J connectivity index is 3.37. The molecule has 2 nitrogen and oxygen atoms in total. The first-order chi connectivity index (χ1) is 9.20. The Morgan fingerprint density at radius 1 is 1.00 bits per heavy atom. The molecule has 0 saturated heterocycles. The third-order valence-corrected chi connectivity index (χ3v) is 3.89. The van der Waals surface area contributed by atoms with Crippen molar-refractivity contribution in [2.45, 2.75) is 89.4 Å². The minimum atomic E-state index is 0.253. The molecule has 0 bridgehead atoms. The number of hydrogen-bond acceptors (Lipinski definition) is 2. The predicted octanol–water partition coefficient (Wildman–Crippen LogP) is 5.96. The summed E-state index contributed by atoms with van der Waals surface area (Å²) in [6.45, 7) is 2.23. The van der Waals surface area contributed by atoms with Gasteiger partial charge < -0.3 is 10.8 Å². The molecular weight excluding hydrogens is 256 g/mol. The van der Waals surface area contributed by atoms with E-state index >= 15 is 0 Å². The quantitative estimate of drug-likeness (QED) is 0.225.